The first-order chi connectivity index (χ1) is 8.85. The van der Waals surface area contributed by atoms with Crippen LogP contribution in [0, 0.1) is 11.8 Å². The SMILES string of the molecule is NCC#Cc1ccsc1CN1CCCCC1CO. The molecule has 3 N–H and O–H groups in total. The van der Waals surface area contributed by atoms with Crippen LogP contribution in [0.3, 0.4) is 0 Å². The number of aliphatic hydroxyl groups is 1. The number of piperidine rings is 1. The minimum atomic E-state index is 0.259. The van der Waals surface area contributed by atoms with E-state index in [1.54, 1.807) is 11.3 Å². The van der Waals surface area contributed by atoms with Crippen molar-refractivity contribution < 1.29 is 5.11 Å². The summed E-state index contributed by atoms with van der Waals surface area (Å²) in [5, 5.41) is 11.5. The summed E-state index contributed by atoms with van der Waals surface area (Å²) in [6, 6.07) is 2.37. The van der Waals surface area contributed by atoms with Crippen molar-refractivity contribution in [3.63, 3.8) is 0 Å². The molecule has 0 saturated carbocycles. The van der Waals surface area contributed by atoms with Gasteiger partial charge in [0.2, 0.25) is 0 Å². The molecule has 0 radical (unpaired) electrons. The number of aliphatic hydroxyl groups excluding tert-OH is 1. The van der Waals surface area contributed by atoms with Crippen LogP contribution in [0.2, 0.25) is 0 Å². The lowest BCUT2D eigenvalue weighted by Crippen LogP contribution is -2.41. The molecule has 2 heterocycles. The van der Waals surface area contributed by atoms with Crippen molar-refractivity contribution in [1.82, 2.24) is 4.90 Å². The van der Waals surface area contributed by atoms with Crippen molar-refractivity contribution in [1.29, 1.82) is 0 Å². The molecule has 0 aliphatic carbocycles. The summed E-state index contributed by atoms with van der Waals surface area (Å²) >= 11 is 1.74. The highest BCUT2D eigenvalue weighted by Gasteiger charge is 2.22. The Hall–Kier alpha value is -0.860. The molecule has 1 atom stereocenters. The molecule has 0 bridgehead atoms. The highest BCUT2D eigenvalue weighted by atomic mass is 32.1. The maximum atomic E-state index is 9.42. The molecule has 1 aromatic heterocycles. The summed E-state index contributed by atoms with van der Waals surface area (Å²) in [4.78, 5) is 3.67. The predicted molar refractivity (Wildman–Crippen MR) is 75.4 cm³/mol. The number of rotatable bonds is 3. The summed E-state index contributed by atoms with van der Waals surface area (Å²) < 4.78 is 0. The van der Waals surface area contributed by atoms with Crippen LogP contribution in [0.15, 0.2) is 11.4 Å². The Morgan fingerprint density at radius 1 is 1.50 bits per heavy atom. The molecule has 4 heteroatoms. The van der Waals surface area contributed by atoms with E-state index in [9.17, 15) is 5.11 Å². The molecule has 0 aromatic carbocycles. The van der Waals surface area contributed by atoms with E-state index in [4.69, 9.17) is 5.73 Å². The zero-order valence-electron chi connectivity index (χ0n) is 10.6. The van der Waals surface area contributed by atoms with Gasteiger partial charge in [0.15, 0.2) is 0 Å². The number of nitrogens with zero attached hydrogens (tertiary/aromatic N) is 1. The molecule has 98 valence electrons. The number of likely N-dealkylation sites (tertiary alicyclic amines) is 1. The molecule has 1 aliphatic heterocycles. The van der Waals surface area contributed by atoms with Crippen LogP contribution in [0.5, 0.6) is 0 Å². The molecule has 1 saturated heterocycles. The van der Waals surface area contributed by atoms with Gasteiger partial charge in [-0.05, 0) is 30.8 Å². The Morgan fingerprint density at radius 2 is 2.39 bits per heavy atom. The smallest absolute Gasteiger partial charge is 0.0587 e. The van der Waals surface area contributed by atoms with Crippen LogP contribution in [0.4, 0.5) is 0 Å². The normalized spacial score (nSPS) is 20.4. The van der Waals surface area contributed by atoms with E-state index in [2.05, 4.69) is 28.2 Å². The average Bonchev–Trinajstić information content (AvgIpc) is 2.84. The lowest BCUT2D eigenvalue weighted by molar-refractivity contribution is 0.0849. The molecule has 1 aliphatic rings. The third-order valence-corrected chi connectivity index (χ3v) is 4.28. The van der Waals surface area contributed by atoms with Crippen LogP contribution in [-0.4, -0.2) is 35.7 Å². The van der Waals surface area contributed by atoms with Crippen LogP contribution in [0.1, 0.15) is 29.7 Å². The largest absolute Gasteiger partial charge is 0.395 e. The van der Waals surface area contributed by atoms with Crippen molar-refractivity contribution >= 4 is 11.3 Å². The van der Waals surface area contributed by atoms with Gasteiger partial charge in [0.1, 0.15) is 0 Å². The fourth-order valence-electron chi connectivity index (χ4n) is 2.38. The zero-order valence-corrected chi connectivity index (χ0v) is 11.4. The van der Waals surface area contributed by atoms with Crippen molar-refractivity contribution in [2.45, 2.75) is 31.8 Å². The molecule has 1 aromatic rings. The Bertz CT molecular complexity index is 432. The first-order valence-corrected chi connectivity index (χ1v) is 7.33. The van der Waals surface area contributed by atoms with Gasteiger partial charge in [0.25, 0.3) is 0 Å². The second kappa shape index (κ2) is 6.91. The van der Waals surface area contributed by atoms with E-state index in [1.807, 2.05) is 0 Å². The van der Waals surface area contributed by atoms with Gasteiger partial charge in [-0.1, -0.05) is 18.3 Å². The number of hydrogen-bond donors (Lipinski definition) is 2. The Morgan fingerprint density at radius 3 is 3.17 bits per heavy atom. The van der Waals surface area contributed by atoms with Crippen LogP contribution in [-0.2, 0) is 6.54 Å². The topological polar surface area (TPSA) is 49.5 Å². The van der Waals surface area contributed by atoms with Gasteiger partial charge in [-0.15, -0.1) is 11.3 Å². The van der Waals surface area contributed by atoms with E-state index in [0.717, 1.165) is 25.1 Å². The molecule has 0 spiro atoms. The van der Waals surface area contributed by atoms with Crippen molar-refractivity contribution in [2.75, 3.05) is 19.7 Å². The van der Waals surface area contributed by atoms with E-state index in [1.165, 1.54) is 17.7 Å². The third kappa shape index (κ3) is 3.33. The van der Waals surface area contributed by atoms with Crippen molar-refractivity contribution in [3.05, 3.63) is 21.9 Å². The van der Waals surface area contributed by atoms with Crippen molar-refractivity contribution in [3.8, 4) is 11.8 Å². The van der Waals surface area contributed by atoms with Gasteiger partial charge >= 0.3 is 0 Å². The maximum Gasteiger partial charge on any atom is 0.0587 e. The van der Waals surface area contributed by atoms with Crippen LogP contribution < -0.4 is 5.73 Å². The van der Waals surface area contributed by atoms with Gasteiger partial charge in [-0.2, -0.15) is 0 Å². The minimum absolute atomic E-state index is 0.259. The predicted octanol–water partition coefficient (Wildman–Crippen LogP) is 1.41. The maximum absolute atomic E-state index is 9.42. The zero-order chi connectivity index (χ0) is 12.8. The molecule has 18 heavy (non-hydrogen) atoms. The van der Waals surface area contributed by atoms with Crippen molar-refractivity contribution in [2.24, 2.45) is 5.73 Å². The monoisotopic (exact) mass is 264 g/mol. The van der Waals surface area contributed by atoms with Crippen LogP contribution >= 0.6 is 11.3 Å². The molecule has 3 nitrogen and oxygen atoms in total. The fourth-order valence-corrected chi connectivity index (χ4v) is 3.23. The van der Waals surface area contributed by atoms with Gasteiger partial charge < -0.3 is 10.8 Å². The molecule has 1 fully saturated rings. The van der Waals surface area contributed by atoms with Gasteiger partial charge in [-0.25, -0.2) is 0 Å². The second-order valence-electron chi connectivity index (χ2n) is 4.57. The van der Waals surface area contributed by atoms with E-state index in [-0.39, 0.29) is 6.61 Å². The van der Waals surface area contributed by atoms with Gasteiger partial charge in [0, 0.05) is 23.0 Å². The second-order valence-corrected chi connectivity index (χ2v) is 5.57. The molecular weight excluding hydrogens is 244 g/mol. The highest BCUT2D eigenvalue weighted by molar-refractivity contribution is 7.10. The molecule has 1 unspecified atom stereocenters. The first-order valence-electron chi connectivity index (χ1n) is 6.45. The number of nitrogens with two attached hydrogens (primary N) is 1. The fraction of sp³-hybridized carbons (Fsp3) is 0.571. The lowest BCUT2D eigenvalue weighted by Gasteiger charge is -2.34. The standard InChI is InChI=1S/C14H20N2OS/c15-7-3-4-12-6-9-18-14(12)10-16-8-2-1-5-13(16)11-17/h6,9,13,17H,1-2,5,7-8,10-11,15H2. The average molecular weight is 264 g/mol. The van der Waals surface area contributed by atoms with Gasteiger partial charge in [0.05, 0.1) is 13.2 Å². The van der Waals surface area contributed by atoms with Crippen LogP contribution in [0.25, 0.3) is 0 Å². The molecular formula is C14H20N2OS. The highest BCUT2D eigenvalue weighted by Crippen LogP contribution is 2.23. The summed E-state index contributed by atoms with van der Waals surface area (Å²) in [7, 11) is 0. The first kappa shape index (κ1) is 13.6. The third-order valence-electron chi connectivity index (χ3n) is 3.38. The number of hydrogen-bond acceptors (Lipinski definition) is 4. The number of thiophene rings is 1. The quantitative estimate of drug-likeness (QED) is 0.812. The summed E-state index contributed by atoms with van der Waals surface area (Å²) in [6.07, 6.45) is 3.56. The summed E-state index contributed by atoms with van der Waals surface area (Å²) in [5.41, 5.74) is 6.50. The Kier molecular flexibility index (Phi) is 5.21. The lowest BCUT2D eigenvalue weighted by atomic mass is 10.0. The van der Waals surface area contributed by atoms with Gasteiger partial charge in [-0.3, -0.25) is 4.90 Å². The van der Waals surface area contributed by atoms with E-state index < -0.39 is 0 Å². The summed E-state index contributed by atoms with van der Waals surface area (Å²) in [6.45, 7) is 2.64. The minimum Gasteiger partial charge on any atom is -0.395 e. The van der Waals surface area contributed by atoms with E-state index in [0.29, 0.717) is 12.6 Å². The van der Waals surface area contributed by atoms with E-state index >= 15 is 0 Å². The molecule has 0 amide bonds. The summed E-state index contributed by atoms with van der Waals surface area (Å²) in [5.74, 6) is 6.03. The Labute approximate surface area is 113 Å². The Balaban J connectivity index is 2.06. The molecule has 2 rings (SSSR count).